The molecule has 112 valence electrons. The van der Waals surface area contributed by atoms with Gasteiger partial charge in [-0.25, -0.2) is 8.42 Å². The smallest absolute Gasteiger partial charge is 0.246 e. The van der Waals surface area contributed by atoms with Crippen LogP contribution in [-0.4, -0.2) is 30.1 Å². The third-order valence-electron chi connectivity index (χ3n) is 4.46. The summed E-state index contributed by atoms with van der Waals surface area (Å²) in [6.07, 6.45) is 6.84. The van der Waals surface area contributed by atoms with Crippen LogP contribution in [0.3, 0.4) is 0 Å². The molecule has 1 aliphatic carbocycles. The van der Waals surface area contributed by atoms with E-state index in [0.717, 1.165) is 25.7 Å². The summed E-state index contributed by atoms with van der Waals surface area (Å²) in [7, 11) is -2.93. The Morgan fingerprint density at radius 1 is 1.20 bits per heavy atom. The Balaban J connectivity index is 1.79. The molecule has 0 spiro atoms. The van der Waals surface area contributed by atoms with E-state index in [1.54, 1.807) is 0 Å². The molecule has 2 N–H and O–H groups in total. The van der Waals surface area contributed by atoms with Crippen LogP contribution >= 0.6 is 0 Å². The third kappa shape index (κ3) is 2.74. The van der Waals surface area contributed by atoms with Crippen LogP contribution in [0.5, 0.6) is 0 Å². The van der Waals surface area contributed by atoms with Crippen LogP contribution in [0.15, 0.2) is 4.52 Å². The molecular formula is C13H21N3O3S. The number of nitrogens with zero attached hydrogens (tertiary/aromatic N) is 2. The number of hydrogen-bond acceptors (Lipinski definition) is 6. The molecule has 20 heavy (non-hydrogen) atoms. The van der Waals surface area contributed by atoms with Crippen molar-refractivity contribution in [1.29, 1.82) is 0 Å². The summed E-state index contributed by atoms with van der Waals surface area (Å²) in [5.74, 6) is 1.21. The fourth-order valence-corrected chi connectivity index (χ4v) is 4.91. The summed E-state index contributed by atoms with van der Waals surface area (Å²) in [4.78, 5) is 4.43. The molecule has 0 amide bonds. The van der Waals surface area contributed by atoms with Gasteiger partial charge < -0.3 is 10.3 Å². The van der Waals surface area contributed by atoms with E-state index in [1.165, 1.54) is 12.8 Å². The molecule has 2 aliphatic rings. The predicted molar refractivity (Wildman–Crippen MR) is 73.9 cm³/mol. The first-order chi connectivity index (χ1) is 9.49. The van der Waals surface area contributed by atoms with Gasteiger partial charge in [0, 0.05) is 5.92 Å². The molecule has 2 heterocycles. The molecule has 1 saturated heterocycles. The number of aromatic nitrogens is 2. The van der Waals surface area contributed by atoms with Gasteiger partial charge in [0.2, 0.25) is 5.89 Å². The lowest BCUT2D eigenvalue weighted by Gasteiger charge is -2.22. The summed E-state index contributed by atoms with van der Waals surface area (Å²) in [5.41, 5.74) is 5.90. The Morgan fingerprint density at radius 3 is 2.50 bits per heavy atom. The normalized spacial score (nSPS) is 29.1. The zero-order chi connectivity index (χ0) is 14.2. The molecule has 1 aliphatic heterocycles. The lowest BCUT2D eigenvalue weighted by molar-refractivity contribution is 0.256. The highest BCUT2D eigenvalue weighted by Gasteiger charge is 2.37. The van der Waals surface area contributed by atoms with E-state index in [-0.39, 0.29) is 17.4 Å². The molecule has 1 aromatic rings. The summed E-state index contributed by atoms with van der Waals surface area (Å²) < 4.78 is 28.4. The van der Waals surface area contributed by atoms with Crippen molar-refractivity contribution in [2.24, 2.45) is 5.73 Å². The highest BCUT2D eigenvalue weighted by Crippen LogP contribution is 2.34. The molecule has 7 heteroatoms. The van der Waals surface area contributed by atoms with Gasteiger partial charge in [0.15, 0.2) is 15.7 Å². The van der Waals surface area contributed by atoms with E-state index in [1.807, 2.05) is 0 Å². The second-order valence-corrected chi connectivity index (χ2v) is 8.36. The second kappa shape index (κ2) is 5.11. The average Bonchev–Trinajstić information content (AvgIpc) is 2.94. The van der Waals surface area contributed by atoms with Crippen LogP contribution in [0.25, 0.3) is 0 Å². The Bertz CT molecular complexity index is 573. The predicted octanol–water partition coefficient (Wildman–Crippen LogP) is 1.48. The summed E-state index contributed by atoms with van der Waals surface area (Å²) in [6, 6.07) is 0. The Morgan fingerprint density at radius 2 is 1.90 bits per heavy atom. The standard InChI is InChI=1S/C13H21N3O3S/c14-13(6-3-1-2-4-7-13)12-15-11(16-19-12)10-5-8-20(17,18)9-10/h10H,1-9,14H2. The summed E-state index contributed by atoms with van der Waals surface area (Å²) in [5, 5.41) is 3.98. The summed E-state index contributed by atoms with van der Waals surface area (Å²) >= 11 is 0. The van der Waals surface area contributed by atoms with Gasteiger partial charge in [0.1, 0.15) is 0 Å². The van der Waals surface area contributed by atoms with E-state index < -0.39 is 15.4 Å². The van der Waals surface area contributed by atoms with Crippen molar-refractivity contribution in [1.82, 2.24) is 10.1 Å². The van der Waals surface area contributed by atoms with Gasteiger partial charge in [0.25, 0.3) is 0 Å². The highest BCUT2D eigenvalue weighted by molar-refractivity contribution is 7.91. The van der Waals surface area contributed by atoms with Crippen LogP contribution in [0.4, 0.5) is 0 Å². The van der Waals surface area contributed by atoms with E-state index >= 15 is 0 Å². The number of sulfone groups is 1. The zero-order valence-electron chi connectivity index (χ0n) is 11.5. The van der Waals surface area contributed by atoms with Crippen molar-refractivity contribution < 1.29 is 12.9 Å². The monoisotopic (exact) mass is 299 g/mol. The minimum absolute atomic E-state index is 0.129. The SMILES string of the molecule is NC1(c2nc(C3CCS(=O)(=O)C3)no2)CCCCCC1. The van der Waals surface area contributed by atoms with Gasteiger partial charge in [-0.05, 0) is 19.3 Å². The lowest BCUT2D eigenvalue weighted by atomic mass is 9.91. The fraction of sp³-hybridized carbons (Fsp3) is 0.846. The number of nitrogens with two attached hydrogens (primary N) is 1. The number of hydrogen-bond donors (Lipinski definition) is 1. The molecule has 6 nitrogen and oxygen atoms in total. The van der Waals surface area contributed by atoms with Gasteiger partial charge in [-0.1, -0.05) is 30.8 Å². The van der Waals surface area contributed by atoms with Crippen LogP contribution in [-0.2, 0) is 15.4 Å². The number of rotatable bonds is 2. The molecule has 3 rings (SSSR count). The van der Waals surface area contributed by atoms with Crippen molar-refractivity contribution in [2.45, 2.75) is 56.4 Å². The molecule has 0 radical (unpaired) electrons. The van der Waals surface area contributed by atoms with E-state index in [4.69, 9.17) is 10.3 Å². The van der Waals surface area contributed by atoms with E-state index in [9.17, 15) is 8.42 Å². The minimum atomic E-state index is -2.93. The third-order valence-corrected chi connectivity index (χ3v) is 6.23. The molecule has 1 aromatic heterocycles. The van der Waals surface area contributed by atoms with Crippen molar-refractivity contribution in [3.63, 3.8) is 0 Å². The Hall–Kier alpha value is -0.950. The van der Waals surface area contributed by atoms with Gasteiger partial charge in [-0.2, -0.15) is 4.98 Å². The Kier molecular flexibility index (Phi) is 3.58. The van der Waals surface area contributed by atoms with Crippen molar-refractivity contribution in [2.75, 3.05) is 11.5 Å². The van der Waals surface area contributed by atoms with Crippen molar-refractivity contribution >= 4 is 9.84 Å². The van der Waals surface area contributed by atoms with Crippen LogP contribution in [0, 0.1) is 0 Å². The van der Waals surface area contributed by atoms with E-state index in [2.05, 4.69) is 10.1 Å². The molecule has 1 atom stereocenters. The maximum atomic E-state index is 11.5. The van der Waals surface area contributed by atoms with Gasteiger partial charge >= 0.3 is 0 Å². The molecule has 2 fully saturated rings. The second-order valence-electron chi connectivity index (χ2n) is 6.13. The van der Waals surface area contributed by atoms with Crippen LogP contribution in [0.2, 0.25) is 0 Å². The Labute approximate surface area is 119 Å². The quantitative estimate of drug-likeness (QED) is 0.830. The maximum absolute atomic E-state index is 11.5. The van der Waals surface area contributed by atoms with Crippen LogP contribution in [0.1, 0.15) is 62.6 Å². The molecule has 0 aromatic carbocycles. The lowest BCUT2D eigenvalue weighted by Crippen LogP contribution is -2.36. The first kappa shape index (κ1) is 14.0. The summed E-state index contributed by atoms with van der Waals surface area (Å²) in [6.45, 7) is 0. The largest absolute Gasteiger partial charge is 0.337 e. The van der Waals surface area contributed by atoms with Crippen molar-refractivity contribution in [3.8, 4) is 0 Å². The molecular weight excluding hydrogens is 278 g/mol. The zero-order valence-corrected chi connectivity index (χ0v) is 12.4. The fourth-order valence-electron chi connectivity index (χ4n) is 3.17. The molecule has 0 bridgehead atoms. The minimum Gasteiger partial charge on any atom is -0.337 e. The van der Waals surface area contributed by atoms with Gasteiger partial charge in [-0.15, -0.1) is 0 Å². The maximum Gasteiger partial charge on any atom is 0.246 e. The van der Waals surface area contributed by atoms with Gasteiger partial charge in [-0.3, -0.25) is 0 Å². The molecule has 1 saturated carbocycles. The highest BCUT2D eigenvalue weighted by atomic mass is 32.2. The first-order valence-electron chi connectivity index (χ1n) is 7.32. The average molecular weight is 299 g/mol. The topological polar surface area (TPSA) is 99.1 Å². The van der Waals surface area contributed by atoms with Crippen LogP contribution < -0.4 is 5.73 Å². The van der Waals surface area contributed by atoms with Gasteiger partial charge in [0.05, 0.1) is 17.0 Å². The van der Waals surface area contributed by atoms with Crippen molar-refractivity contribution in [3.05, 3.63) is 11.7 Å². The molecule has 1 unspecified atom stereocenters. The van der Waals surface area contributed by atoms with E-state index in [0.29, 0.717) is 18.1 Å². The first-order valence-corrected chi connectivity index (χ1v) is 9.14.